The van der Waals surface area contributed by atoms with Gasteiger partial charge in [0.15, 0.2) is 0 Å². The van der Waals surface area contributed by atoms with Crippen LogP contribution in [0, 0.1) is 0 Å². The average Bonchev–Trinajstić information content (AvgIpc) is 3.82. The second-order valence-corrected chi connectivity index (χ2v) is 15.6. The van der Waals surface area contributed by atoms with E-state index in [4.69, 9.17) is 9.39 Å². The smallest absolute Gasteiger partial charge is 0.434 e. The van der Waals surface area contributed by atoms with E-state index in [0.29, 0.717) is 0 Å². The highest BCUT2D eigenvalue weighted by atomic mass is 16.5. The van der Waals surface area contributed by atoms with Crippen LogP contribution in [0.5, 0.6) is 17.2 Å². The van der Waals surface area contributed by atoms with Gasteiger partial charge in [0.1, 0.15) is 17.2 Å². The quantitative estimate of drug-likeness (QED) is 0.168. The molecule has 59 heavy (non-hydrogen) atoms. The van der Waals surface area contributed by atoms with Crippen LogP contribution in [0.4, 0.5) is 0 Å². The largest absolute Gasteiger partial charge is 0.551 e. The van der Waals surface area contributed by atoms with Crippen molar-refractivity contribution in [2.24, 2.45) is 0 Å². The van der Waals surface area contributed by atoms with Crippen molar-refractivity contribution in [2.45, 2.75) is 0 Å². The van der Waals surface area contributed by atoms with Crippen molar-refractivity contribution in [2.75, 3.05) is 0 Å². The third kappa shape index (κ3) is 4.79. The first-order chi connectivity index (χ1) is 29.2. The predicted molar refractivity (Wildman–Crippen MR) is 244 cm³/mol. The van der Waals surface area contributed by atoms with E-state index in [0.717, 1.165) is 72.9 Å². The lowest BCUT2D eigenvalue weighted by Gasteiger charge is -2.33. The molecule has 0 unspecified atom stereocenters. The van der Waals surface area contributed by atoms with Crippen molar-refractivity contribution in [1.29, 1.82) is 0 Å². The number of rotatable bonds is 4. The maximum atomic E-state index is 6.92. The fourth-order valence-corrected chi connectivity index (χ4v) is 9.74. The van der Waals surface area contributed by atoms with Crippen LogP contribution in [-0.2, 0) is 0 Å². The van der Waals surface area contributed by atoms with Gasteiger partial charge in [-0.25, -0.2) is 0 Å². The van der Waals surface area contributed by atoms with Crippen LogP contribution in [0.25, 0.3) is 88.4 Å². The van der Waals surface area contributed by atoms with Gasteiger partial charge in [-0.1, -0.05) is 127 Å². The van der Waals surface area contributed by atoms with Crippen molar-refractivity contribution < 1.29 is 9.39 Å². The first-order valence-corrected chi connectivity index (χ1v) is 20.2. The monoisotopic (exact) mass is 752 g/mol. The number of para-hydroxylation sites is 5. The highest BCUT2D eigenvalue weighted by Gasteiger charge is 2.41. The van der Waals surface area contributed by atoms with E-state index < -0.39 is 0 Å². The molecule has 0 atom stereocenters. The number of fused-ring (bicyclic) bond motifs is 10. The van der Waals surface area contributed by atoms with Crippen molar-refractivity contribution in [3.8, 4) is 62.0 Å². The van der Waals surface area contributed by atoms with Gasteiger partial charge in [-0.2, -0.15) is 0 Å². The molecule has 2 aromatic heterocycles. The lowest BCUT2D eigenvalue weighted by molar-refractivity contribution is 0.479. The van der Waals surface area contributed by atoms with Gasteiger partial charge in [0.05, 0.1) is 22.1 Å². The third-order valence-electron chi connectivity index (χ3n) is 12.4. The van der Waals surface area contributed by atoms with E-state index in [-0.39, 0.29) is 6.92 Å². The fraction of sp³-hybridized carbons (Fsp3) is 0. The maximum Gasteiger partial charge on any atom is 0.434 e. The Bertz CT molecular complexity index is 3420. The minimum absolute atomic E-state index is 0.314. The van der Waals surface area contributed by atoms with E-state index in [1.54, 1.807) is 0 Å². The van der Waals surface area contributed by atoms with Crippen LogP contribution < -0.4 is 20.3 Å². The molecule has 13 rings (SSSR count). The highest BCUT2D eigenvalue weighted by Crippen LogP contribution is 2.43. The number of aromatic nitrogens is 2. The summed E-state index contributed by atoms with van der Waals surface area (Å²) in [5, 5.41) is 5.02. The maximum absolute atomic E-state index is 6.92. The molecule has 0 radical (unpaired) electrons. The number of benzene rings is 9. The van der Waals surface area contributed by atoms with Crippen LogP contribution in [-0.4, -0.2) is 16.0 Å². The molecular weight excluding hydrogens is 719 g/mol. The Hall–Kier alpha value is -7.76. The second kappa shape index (κ2) is 12.4. The second-order valence-electron chi connectivity index (χ2n) is 15.6. The summed E-state index contributed by atoms with van der Waals surface area (Å²) in [5.74, 6) is 2.52. The molecule has 0 amide bonds. The predicted octanol–water partition coefficient (Wildman–Crippen LogP) is 12.5. The van der Waals surface area contributed by atoms with Crippen molar-refractivity contribution in [3.05, 3.63) is 200 Å². The van der Waals surface area contributed by atoms with Gasteiger partial charge < -0.3 is 18.5 Å². The topological polar surface area (TPSA) is 28.3 Å². The Morgan fingerprint density at radius 2 is 0.898 bits per heavy atom. The Balaban J connectivity index is 0.904. The summed E-state index contributed by atoms with van der Waals surface area (Å²) in [7, 11) is 0. The van der Waals surface area contributed by atoms with Crippen LogP contribution in [0.15, 0.2) is 200 Å². The Morgan fingerprint density at radius 3 is 1.56 bits per heavy atom. The zero-order valence-electron chi connectivity index (χ0n) is 31.8. The average molecular weight is 753 g/mol. The molecule has 2 aliphatic rings. The molecule has 0 spiro atoms. The third-order valence-corrected chi connectivity index (χ3v) is 12.4. The minimum atomic E-state index is -0.314. The summed E-state index contributed by atoms with van der Waals surface area (Å²) in [6, 6.07) is 71.8. The van der Waals surface area contributed by atoms with Gasteiger partial charge in [-0.3, -0.25) is 0 Å². The molecular formula is C54H33BN2O2. The zero-order valence-corrected chi connectivity index (χ0v) is 31.8. The number of nitrogens with zero attached hydrogens (tertiary/aromatic N) is 2. The molecule has 0 aliphatic carbocycles. The van der Waals surface area contributed by atoms with Gasteiger partial charge >= 0.3 is 6.92 Å². The Morgan fingerprint density at radius 1 is 0.339 bits per heavy atom. The zero-order chi connectivity index (χ0) is 38.6. The summed E-state index contributed by atoms with van der Waals surface area (Å²) < 4.78 is 18.5. The standard InChI is InChI=1S/C54H33BN2O2/c1-6-19-47-40(14-1)41-15-2-7-20-48(41)56(47)38-27-24-34(25-28-38)37-31-45-44-18-5-10-23-51(44)59-55-46-32-36(26-29-52(46)58-53(33-37)54(45)55)35-12-11-13-39(30-35)57-49-21-8-3-16-42(49)43-17-4-9-22-50(43)57/h1-33H. The lowest BCUT2D eigenvalue weighted by Crippen LogP contribution is -2.53. The van der Waals surface area contributed by atoms with Crippen LogP contribution >= 0.6 is 0 Å². The minimum Gasteiger partial charge on any atom is -0.551 e. The molecule has 2 aliphatic heterocycles. The van der Waals surface area contributed by atoms with Crippen molar-refractivity contribution in [3.63, 3.8) is 0 Å². The number of hydrogen-bond donors (Lipinski definition) is 0. The fourth-order valence-electron chi connectivity index (χ4n) is 9.74. The SMILES string of the molecule is c1cc(-c2ccc3c(c2)B2Oc4ccccc4-c4cc(-c5ccc(-n6c7ccccc7c7ccccc76)cc5)cc(c42)O3)cc(-n2c3ccccc3c3ccccc32)c1. The molecule has 0 bridgehead atoms. The summed E-state index contributed by atoms with van der Waals surface area (Å²) in [6.45, 7) is -0.314. The first-order valence-electron chi connectivity index (χ1n) is 20.2. The van der Waals surface area contributed by atoms with Crippen molar-refractivity contribution >= 4 is 61.5 Å². The van der Waals surface area contributed by atoms with E-state index in [1.165, 1.54) is 43.6 Å². The Kier molecular flexibility index (Phi) is 6.78. The first kappa shape index (κ1) is 32.3. The van der Waals surface area contributed by atoms with Gasteiger partial charge in [-0.05, 0) is 101 Å². The lowest BCUT2D eigenvalue weighted by atomic mass is 9.50. The van der Waals surface area contributed by atoms with Crippen LogP contribution in [0.3, 0.4) is 0 Å². The molecule has 0 fully saturated rings. The normalized spacial score (nSPS) is 12.6. The molecule has 274 valence electrons. The number of hydrogen-bond acceptors (Lipinski definition) is 2. The molecule has 4 heterocycles. The molecule has 9 aromatic carbocycles. The molecule has 4 nitrogen and oxygen atoms in total. The Labute approximate surface area is 340 Å². The van der Waals surface area contributed by atoms with Crippen LogP contribution in [0.1, 0.15) is 0 Å². The van der Waals surface area contributed by atoms with E-state index in [2.05, 4.69) is 209 Å². The summed E-state index contributed by atoms with van der Waals surface area (Å²) in [5.41, 5.74) is 15.8. The van der Waals surface area contributed by atoms with Gasteiger partial charge in [0.2, 0.25) is 0 Å². The van der Waals surface area contributed by atoms with E-state index in [1.807, 2.05) is 0 Å². The van der Waals surface area contributed by atoms with Gasteiger partial charge in [-0.15, -0.1) is 0 Å². The van der Waals surface area contributed by atoms with E-state index >= 15 is 0 Å². The van der Waals surface area contributed by atoms with Gasteiger partial charge in [0.25, 0.3) is 0 Å². The van der Waals surface area contributed by atoms with Gasteiger partial charge in [0, 0.05) is 49.4 Å². The molecule has 0 saturated heterocycles. The summed E-state index contributed by atoms with van der Waals surface area (Å²) in [4.78, 5) is 0. The summed E-state index contributed by atoms with van der Waals surface area (Å²) in [6.07, 6.45) is 0. The molecule has 0 N–H and O–H groups in total. The molecule has 11 aromatic rings. The van der Waals surface area contributed by atoms with Crippen LogP contribution in [0.2, 0.25) is 0 Å². The molecule has 0 saturated carbocycles. The van der Waals surface area contributed by atoms with Crippen molar-refractivity contribution in [1.82, 2.24) is 9.13 Å². The number of ether oxygens (including phenoxy) is 1. The van der Waals surface area contributed by atoms with E-state index in [9.17, 15) is 0 Å². The molecule has 5 heteroatoms. The highest BCUT2D eigenvalue weighted by molar-refractivity contribution is 6.84. The summed E-state index contributed by atoms with van der Waals surface area (Å²) >= 11 is 0.